The van der Waals surface area contributed by atoms with Gasteiger partial charge in [-0.15, -0.1) is 11.3 Å². The third-order valence-electron chi connectivity index (χ3n) is 4.78. The number of carbonyl (C=O) groups is 1. The number of aryl methyl sites for hydroxylation is 4. The van der Waals surface area contributed by atoms with E-state index in [-0.39, 0.29) is 5.91 Å². The zero-order valence-electron chi connectivity index (χ0n) is 17.3. The summed E-state index contributed by atoms with van der Waals surface area (Å²) >= 11 is 3.25. The average Bonchev–Trinajstić information content (AvgIpc) is 3.40. The topological polar surface area (TPSA) is 73.0 Å². The number of para-hydroxylation sites is 1. The summed E-state index contributed by atoms with van der Waals surface area (Å²) < 4.78 is 8.90. The molecule has 0 aliphatic rings. The first kappa shape index (κ1) is 20.7. The lowest BCUT2D eigenvalue weighted by atomic mass is 10.1. The molecule has 8 heteroatoms. The van der Waals surface area contributed by atoms with Gasteiger partial charge in [0.05, 0.1) is 5.69 Å². The molecule has 0 atom stereocenters. The van der Waals surface area contributed by atoms with Gasteiger partial charge in [-0.1, -0.05) is 30.0 Å². The molecule has 3 heterocycles. The van der Waals surface area contributed by atoms with Crippen LogP contribution in [-0.2, 0) is 12.3 Å². The first-order valence-corrected chi connectivity index (χ1v) is 11.7. The molecule has 0 fully saturated rings. The van der Waals surface area contributed by atoms with Gasteiger partial charge >= 0.3 is 0 Å². The number of benzene rings is 1. The monoisotopic (exact) mass is 440 g/mol. The molecular formula is C22H24N4O2S2. The Bertz CT molecular complexity index is 1180. The number of rotatable bonds is 8. The van der Waals surface area contributed by atoms with E-state index in [0.717, 1.165) is 50.9 Å². The normalized spacial score (nSPS) is 11.3. The summed E-state index contributed by atoms with van der Waals surface area (Å²) in [5.41, 5.74) is 4.81. The highest BCUT2D eigenvalue weighted by molar-refractivity contribution is 8.00. The van der Waals surface area contributed by atoms with Gasteiger partial charge in [0.25, 0.3) is 5.91 Å². The quantitative estimate of drug-likeness (QED) is 0.304. The molecule has 0 aliphatic heterocycles. The van der Waals surface area contributed by atoms with Gasteiger partial charge in [0.1, 0.15) is 9.92 Å². The van der Waals surface area contributed by atoms with E-state index < -0.39 is 0 Å². The summed E-state index contributed by atoms with van der Waals surface area (Å²) in [5, 5.41) is 10.5. The molecule has 1 amide bonds. The van der Waals surface area contributed by atoms with Crippen LogP contribution in [0.4, 0.5) is 0 Å². The fourth-order valence-electron chi connectivity index (χ4n) is 3.37. The summed E-state index contributed by atoms with van der Waals surface area (Å²) in [6.45, 7) is 7.34. The Balaban J connectivity index is 1.44. The van der Waals surface area contributed by atoms with E-state index in [1.165, 1.54) is 0 Å². The Morgan fingerprint density at radius 2 is 2.07 bits per heavy atom. The van der Waals surface area contributed by atoms with Crippen LogP contribution in [0.3, 0.4) is 0 Å². The summed E-state index contributed by atoms with van der Waals surface area (Å²) in [7, 11) is 0. The predicted octanol–water partition coefficient (Wildman–Crippen LogP) is 5.12. The number of carbonyl (C=O) groups excluding carboxylic acids is 1. The van der Waals surface area contributed by atoms with Crippen molar-refractivity contribution >= 4 is 40.0 Å². The Kier molecular flexibility index (Phi) is 6.24. The second-order valence-electron chi connectivity index (χ2n) is 7.21. The summed E-state index contributed by atoms with van der Waals surface area (Å²) in [6, 6.07) is 9.84. The molecule has 0 saturated heterocycles. The maximum atomic E-state index is 12.9. The third kappa shape index (κ3) is 4.60. The number of aromatic nitrogens is 3. The van der Waals surface area contributed by atoms with Gasteiger partial charge in [-0.2, -0.15) is 5.10 Å². The minimum absolute atomic E-state index is 0.175. The first-order chi connectivity index (χ1) is 14.5. The minimum Gasteiger partial charge on any atom is -0.451 e. The molecule has 0 spiro atoms. The summed E-state index contributed by atoms with van der Waals surface area (Å²) in [6.07, 6.45) is 0.802. The third-order valence-corrected chi connectivity index (χ3v) is 6.94. The van der Waals surface area contributed by atoms with Crippen molar-refractivity contribution < 1.29 is 9.21 Å². The standard InChI is InChI=1S/C22H24N4O2S2/c1-14-11-16(3)26(25-14)10-6-9-23-21(27)20-18(13-30-22-24-15(2)12-29-22)17-7-4-5-8-19(17)28-20/h4-5,7-8,11-12H,6,9-10,13H2,1-3H3,(H,23,27). The molecule has 30 heavy (non-hydrogen) atoms. The molecule has 4 aromatic rings. The number of thiazole rings is 1. The molecule has 156 valence electrons. The number of nitrogens with zero attached hydrogens (tertiary/aromatic N) is 3. The molecule has 1 aromatic carbocycles. The summed E-state index contributed by atoms with van der Waals surface area (Å²) in [5.74, 6) is 0.854. The predicted molar refractivity (Wildman–Crippen MR) is 121 cm³/mol. The minimum atomic E-state index is -0.175. The van der Waals surface area contributed by atoms with E-state index in [1.807, 2.05) is 55.1 Å². The van der Waals surface area contributed by atoms with E-state index in [4.69, 9.17) is 4.42 Å². The van der Waals surface area contributed by atoms with Gasteiger partial charge in [-0.3, -0.25) is 9.48 Å². The molecule has 0 unspecified atom stereocenters. The van der Waals surface area contributed by atoms with E-state index in [2.05, 4.69) is 21.5 Å². The average molecular weight is 441 g/mol. The molecule has 6 nitrogen and oxygen atoms in total. The Morgan fingerprint density at radius 3 is 2.80 bits per heavy atom. The van der Waals surface area contributed by atoms with Crippen LogP contribution in [0.2, 0.25) is 0 Å². The second kappa shape index (κ2) is 9.06. The number of fused-ring (bicyclic) bond motifs is 1. The summed E-state index contributed by atoms with van der Waals surface area (Å²) in [4.78, 5) is 17.4. The van der Waals surface area contributed by atoms with Crippen molar-refractivity contribution in [2.24, 2.45) is 0 Å². The number of thioether (sulfide) groups is 1. The van der Waals surface area contributed by atoms with Crippen LogP contribution < -0.4 is 5.32 Å². The number of furan rings is 1. The Morgan fingerprint density at radius 1 is 1.23 bits per heavy atom. The van der Waals surface area contributed by atoms with Crippen LogP contribution in [0.1, 0.15) is 39.6 Å². The molecule has 3 aromatic heterocycles. The van der Waals surface area contributed by atoms with E-state index >= 15 is 0 Å². The van der Waals surface area contributed by atoms with Gasteiger partial charge in [-0.25, -0.2) is 4.98 Å². The molecular weight excluding hydrogens is 416 g/mol. The zero-order valence-corrected chi connectivity index (χ0v) is 18.9. The fourth-order valence-corrected chi connectivity index (χ4v) is 5.25. The van der Waals surface area contributed by atoms with Crippen LogP contribution in [0.5, 0.6) is 0 Å². The lowest BCUT2D eigenvalue weighted by Gasteiger charge is -2.07. The van der Waals surface area contributed by atoms with Crippen molar-refractivity contribution in [3.8, 4) is 0 Å². The highest BCUT2D eigenvalue weighted by Gasteiger charge is 2.20. The maximum absolute atomic E-state index is 12.9. The van der Waals surface area contributed by atoms with Gasteiger partial charge in [0.15, 0.2) is 5.76 Å². The molecule has 0 aliphatic carbocycles. The van der Waals surface area contributed by atoms with Crippen LogP contribution >= 0.6 is 23.1 Å². The number of hydrogen-bond acceptors (Lipinski definition) is 6. The van der Waals surface area contributed by atoms with Gasteiger partial charge in [-0.05, 0) is 39.3 Å². The van der Waals surface area contributed by atoms with Crippen molar-refractivity contribution in [1.29, 1.82) is 0 Å². The molecule has 0 radical (unpaired) electrons. The smallest absolute Gasteiger partial charge is 0.287 e. The Labute approximate surface area is 183 Å². The van der Waals surface area contributed by atoms with Crippen molar-refractivity contribution in [1.82, 2.24) is 20.1 Å². The largest absolute Gasteiger partial charge is 0.451 e. The highest BCUT2D eigenvalue weighted by atomic mass is 32.2. The molecule has 0 bridgehead atoms. The van der Waals surface area contributed by atoms with Crippen LogP contribution in [0.15, 0.2) is 44.5 Å². The van der Waals surface area contributed by atoms with Crippen LogP contribution in [-0.4, -0.2) is 27.2 Å². The van der Waals surface area contributed by atoms with E-state index in [1.54, 1.807) is 23.1 Å². The van der Waals surface area contributed by atoms with Crippen molar-refractivity contribution in [3.63, 3.8) is 0 Å². The molecule has 4 rings (SSSR count). The maximum Gasteiger partial charge on any atom is 0.287 e. The SMILES string of the molecule is Cc1csc(SCc2c(C(=O)NCCCn3nc(C)cc3C)oc3ccccc23)n1. The number of nitrogens with one attached hydrogen (secondary N) is 1. The lowest BCUT2D eigenvalue weighted by molar-refractivity contribution is 0.0926. The van der Waals surface area contributed by atoms with E-state index in [9.17, 15) is 4.79 Å². The Hall–Kier alpha value is -2.58. The number of amides is 1. The van der Waals surface area contributed by atoms with Crippen LogP contribution in [0.25, 0.3) is 11.0 Å². The van der Waals surface area contributed by atoms with Crippen LogP contribution in [0, 0.1) is 20.8 Å². The second-order valence-corrected chi connectivity index (χ2v) is 9.29. The van der Waals surface area contributed by atoms with Gasteiger partial charge < -0.3 is 9.73 Å². The zero-order chi connectivity index (χ0) is 21.1. The van der Waals surface area contributed by atoms with Crippen molar-refractivity contribution in [2.45, 2.75) is 43.8 Å². The fraction of sp³-hybridized carbons (Fsp3) is 0.318. The van der Waals surface area contributed by atoms with Crippen molar-refractivity contribution in [2.75, 3.05) is 6.54 Å². The number of hydrogen-bond donors (Lipinski definition) is 1. The highest BCUT2D eigenvalue weighted by Crippen LogP contribution is 2.33. The lowest BCUT2D eigenvalue weighted by Crippen LogP contribution is -2.25. The van der Waals surface area contributed by atoms with Crippen molar-refractivity contribution in [3.05, 3.63) is 64.1 Å². The van der Waals surface area contributed by atoms with Gasteiger partial charge in [0, 0.05) is 46.6 Å². The van der Waals surface area contributed by atoms with E-state index in [0.29, 0.717) is 18.1 Å². The first-order valence-electron chi connectivity index (χ1n) is 9.86. The molecule has 0 saturated carbocycles. The van der Waals surface area contributed by atoms with Gasteiger partial charge in [0.2, 0.25) is 0 Å². The molecule has 1 N–H and O–H groups in total.